The summed E-state index contributed by atoms with van der Waals surface area (Å²) in [5.41, 5.74) is 5.69. The number of rotatable bonds is 5. The average molecular weight is 398 g/mol. The van der Waals surface area contributed by atoms with Crippen LogP contribution in [0.25, 0.3) is 11.4 Å². The minimum Gasteiger partial charge on any atom is -0.361 e. The molecule has 0 spiro atoms. The molecule has 1 aromatic carbocycles. The minimum absolute atomic E-state index is 0.00408. The Balaban J connectivity index is 1.44. The van der Waals surface area contributed by atoms with Crippen molar-refractivity contribution in [3.63, 3.8) is 0 Å². The molecule has 1 aliphatic heterocycles. The molecule has 0 saturated heterocycles. The number of hydrazine groups is 1. The van der Waals surface area contributed by atoms with Gasteiger partial charge in [-0.25, -0.2) is 4.39 Å². The number of nitrogens with zero attached hydrogens (tertiary/aromatic N) is 5. The van der Waals surface area contributed by atoms with Crippen LogP contribution in [0.4, 0.5) is 10.1 Å². The Morgan fingerprint density at radius 3 is 2.71 bits per heavy atom. The standard InChI is InChI=1S/C19H19FN6OS/c1-12-10-16(8-9-21-12)26-22-11-17(27-26)13(2)28-19-24-23-18(25(19)3)14-4-6-15(20)7-5-14/h4-11,13,22H,1-3H3. The van der Waals surface area contributed by atoms with Gasteiger partial charge in [-0.1, -0.05) is 11.8 Å². The van der Waals surface area contributed by atoms with Crippen LogP contribution in [0.2, 0.25) is 0 Å². The molecule has 1 N–H and O–H groups in total. The third-order valence-corrected chi connectivity index (χ3v) is 5.41. The van der Waals surface area contributed by atoms with Crippen molar-refractivity contribution in [1.29, 1.82) is 0 Å². The molecule has 1 unspecified atom stereocenters. The number of thioether (sulfide) groups is 1. The second-order valence-electron chi connectivity index (χ2n) is 6.35. The Labute approximate surface area is 166 Å². The fourth-order valence-corrected chi connectivity index (χ4v) is 3.62. The Morgan fingerprint density at radius 2 is 1.96 bits per heavy atom. The normalized spacial score (nSPS) is 14.4. The van der Waals surface area contributed by atoms with E-state index in [9.17, 15) is 4.39 Å². The van der Waals surface area contributed by atoms with Crippen LogP contribution in [0.3, 0.4) is 0 Å². The largest absolute Gasteiger partial charge is 0.361 e. The van der Waals surface area contributed by atoms with Gasteiger partial charge in [-0.15, -0.1) is 15.4 Å². The van der Waals surface area contributed by atoms with E-state index in [4.69, 9.17) is 4.84 Å². The maximum Gasteiger partial charge on any atom is 0.191 e. The van der Waals surface area contributed by atoms with Gasteiger partial charge in [0.2, 0.25) is 0 Å². The van der Waals surface area contributed by atoms with Crippen LogP contribution in [0.15, 0.2) is 59.7 Å². The van der Waals surface area contributed by atoms with Crippen molar-refractivity contribution in [2.45, 2.75) is 24.3 Å². The maximum atomic E-state index is 13.1. The lowest BCUT2D eigenvalue weighted by Crippen LogP contribution is -2.28. The molecular formula is C19H19FN6OS. The molecule has 1 aliphatic rings. The Kier molecular flexibility index (Phi) is 4.91. The summed E-state index contributed by atoms with van der Waals surface area (Å²) in [7, 11) is 1.89. The van der Waals surface area contributed by atoms with Crippen LogP contribution in [-0.4, -0.2) is 25.0 Å². The maximum absolute atomic E-state index is 13.1. The molecule has 3 heterocycles. The molecular weight excluding hydrogens is 379 g/mol. The average Bonchev–Trinajstić information content (AvgIpc) is 3.31. The van der Waals surface area contributed by atoms with E-state index in [-0.39, 0.29) is 11.1 Å². The summed E-state index contributed by atoms with van der Waals surface area (Å²) in [5.74, 6) is 1.18. The Morgan fingerprint density at radius 1 is 1.18 bits per heavy atom. The number of hydrogen-bond acceptors (Lipinski definition) is 7. The number of nitrogens with one attached hydrogen (secondary N) is 1. The molecule has 144 valence electrons. The number of halogens is 1. The van der Waals surface area contributed by atoms with Gasteiger partial charge in [0, 0.05) is 24.5 Å². The van der Waals surface area contributed by atoms with Crippen LogP contribution in [0, 0.1) is 12.7 Å². The number of benzene rings is 1. The van der Waals surface area contributed by atoms with Crippen molar-refractivity contribution in [1.82, 2.24) is 25.2 Å². The van der Waals surface area contributed by atoms with E-state index in [1.807, 2.05) is 43.8 Å². The summed E-state index contributed by atoms with van der Waals surface area (Å²) in [5, 5.41) is 10.9. The number of anilines is 1. The Bertz CT molecular complexity index is 1020. The lowest BCUT2D eigenvalue weighted by Gasteiger charge is -2.19. The van der Waals surface area contributed by atoms with E-state index in [0.29, 0.717) is 5.82 Å². The zero-order chi connectivity index (χ0) is 19.7. The van der Waals surface area contributed by atoms with E-state index in [2.05, 4.69) is 20.6 Å². The topological polar surface area (TPSA) is 68.1 Å². The molecule has 0 saturated carbocycles. The zero-order valence-electron chi connectivity index (χ0n) is 15.6. The summed E-state index contributed by atoms with van der Waals surface area (Å²) in [6.07, 6.45) is 3.56. The molecule has 2 aromatic heterocycles. The number of aromatic nitrogens is 4. The van der Waals surface area contributed by atoms with Gasteiger partial charge in [0.05, 0.1) is 11.4 Å². The molecule has 1 atom stereocenters. The van der Waals surface area contributed by atoms with Crippen molar-refractivity contribution >= 4 is 17.4 Å². The highest BCUT2D eigenvalue weighted by Crippen LogP contribution is 2.31. The SMILES string of the molecule is Cc1cc(N2NC=C(C(C)Sc3nnc(-c4ccc(F)cc4)n3C)O2)ccn1. The predicted octanol–water partition coefficient (Wildman–Crippen LogP) is 3.60. The highest BCUT2D eigenvalue weighted by molar-refractivity contribution is 7.99. The number of aryl methyl sites for hydroxylation is 1. The van der Waals surface area contributed by atoms with Gasteiger partial charge in [0.25, 0.3) is 0 Å². The first-order valence-electron chi connectivity index (χ1n) is 8.70. The van der Waals surface area contributed by atoms with Crippen LogP contribution in [-0.2, 0) is 11.9 Å². The first kappa shape index (κ1) is 18.3. The summed E-state index contributed by atoms with van der Waals surface area (Å²) in [6, 6.07) is 10.0. The third-order valence-electron chi connectivity index (χ3n) is 4.26. The lowest BCUT2D eigenvalue weighted by atomic mass is 10.2. The molecule has 7 nitrogen and oxygen atoms in total. The van der Waals surface area contributed by atoms with Crippen molar-refractivity contribution < 1.29 is 9.23 Å². The van der Waals surface area contributed by atoms with Gasteiger partial charge in [-0.05, 0) is 50.2 Å². The van der Waals surface area contributed by atoms with Gasteiger partial charge in [-0.3, -0.25) is 10.4 Å². The smallest absolute Gasteiger partial charge is 0.191 e. The van der Waals surface area contributed by atoms with E-state index in [0.717, 1.165) is 27.9 Å². The number of pyridine rings is 1. The monoisotopic (exact) mass is 398 g/mol. The van der Waals surface area contributed by atoms with E-state index < -0.39 is 0 Å². The van der Waals surface area contributed by atoms with Gasteiger partial charge in [-0.2, -0.15) is 0 Å². The quantitative estimate of drug-likeness (QED) is 0.659. The molecule has 9 heteroatoms. The van der Waals surface area contributed by atoms with Crippen LogP contribution < -0.4 is 10.6 Å². The zero-order valence-corrected chi connectivity index (χ0v) is 16.4. The van der Waals surface area contributed by atoms with Crippen molar-refractivity contribution in [2.75, 3.05) is 5.17 Å². The van der Waals surface area contributed by atoms with E-state index in [1.165, 1.54) is 23.9 Å². The minimum atomic E-state index is -0.277. The predicted molar refractivity (Wildman–Crippen MR) is 105 cm³/mol. The molecule has 28 heavy (non-hydrogen) atoms. The van der Waals surface area contributed by atoms with Crippen molar-refractivity contribution in [2.24, 2.45) is 7.05 Å². The highest BCUT2D eigenvalue weighted by Gasteiger charge is 2.24. The molecule has 3 aromatic rings. The summed E-state index contributed by atoms with van der Waals surface area (Å²) in [6.45, 7) is 3.96. The van der Waals surface area contributed by atoms with E-state index >= 15 is 0 Å². The van der Waals surface area contributed by atoms with E-state index in [1.54, 1.807) is 23.5 Å². The molecule has 0 aliphatic carbocycles. The second kappa shape index (κ2) is 7.51. The molecule has 0 bridgehead atoms. The lowest BCUT2D eigenvalue weighted by molar-refractivity contribution is 0.187. The fraction of sp³-hybridized carbons (Fsp3) is 0.211. The van der Waals surface area contributed by atoms with Crippen LogP contribution >= 0.6 is 11.8 Å². The number of hydrogen-bond donors (Lipinski definition) is 1. The summed E-state index contributed by atoms with van der Waals surface area (Å²) in [4.78, 5) is 10.1. The summed E-state index contributed by atoms with van der Waals surface area (Å²) < 4.78 is 15.0. The third kappa shape index (κ3) is 3.65. The van der Waals surface area contributed by atoms with Gasteiger partial charge in [0.15, 0.2) is 16.7 Å². The fourth-order valence-electron chi connectivity index (χ4n) is 2.74. The van der Waals surface area contributed by atoms with Crippen molar-refractivity contribution in [3.8, 4) is 11.4 Å². The van der Waals surface area contributed by atoms with Crippen LogP contribution in [0.5, 0.6) is 0 Å². The molecule has 4 rings (SSSR count). The van der Waals surface area contributed by atoms with Gasteiger partial charge >= 0.3 is 0 Å². The van der Waals surface area contributed by atoms with Gasteiger partial charge < -0.3 is 9.40 Å². The second-order valence-corrected chi connectivity index (χ2v) is 7.66. The van der Waals surface area contributed by atoms with Crippen LogP contribution in [0.1, 0.15) is 12.6 Å². The highest BCUT2D eigenvalue weighted by atomic mass is 32.2. The molecule has 0 amide bonds. The molecule has 0 radical (unpaired) electrons. The summed E-state index contributed by atoms with van der Waals surface area (Å²) >= 11 is 1.53. The Hall–Kier alpha value is -3.07. The van der Waals surface area contributed by atoms with Crippen molar-refractivity contribution in [3.05, 3.63) is 66.1 Å². The van der Waals surface area contributed by atoms with Gasteiger partial charge in [0.1, 0.15) is 11.5 Å². The first-order valence-corrected chi connectivity index (χ1v) is 9.58. The first-order chi connectivity index (χ1) is 13.5. The molecule has 0 fully saturated rings.